The highest BCUT2D eigenvalue weighted by Crippen LogP contribution is 2.33. The molecule has 0 amide bonds. The van der Waals surface area contributed by atoms with E-state index in [0.717, 1.165) is 23.9 Å². The van der Waals surface area contributed by atoms with E-state index in [9.17, 15) is 0 Å². The molecule has 5 nitrogen and oxygen atoms in total. The lowest BCUT2D eigenvalue weighted by atomic mass is 9.98. The Morgan fingerprint density at radius 3 is 2.90 bits per heavy atom. The van der Waals surface area contributed by atoms with Gasteiger partial charge in [-0.05, 0) is 46.9 Å². The average molecular weight is 292 g/mol. The van der Waals surface area contributed by atoms with Crippen LogP contribution in [0.5, 0.6) is 0 Å². The molecular weight excluding hydrogens is 274 g/mol. The third kappa shape index (κ3) is 2.63. The molecule has 2 unspecified atom stereocenters. The van der Waals surface area contributed by atoms with Gasteiger partial charge in [-0.15, -0.1) is 5.10 Å². The summed E-state index contributed by atoms with van der Waals surface area (Å²) in [5.74, 6) is 2.11. The first-order chi connectivity index (χ1) is 9.63. The Morgan fingerprint density at radius 2 is 2.20 bits per heavy atom. The number of hydrogen-bond donors (Lipinski definition) is 1. The Bertz CT molecular complexity index is 589. The van der Waals surface area contributed by atoms with Crippen LogP contribution >= 0.6 is 11.6 Å². The maximum absolute atomic E-state index is 6.05. The summed E-state index contributed by atoms with van der Waals surface area (Å²) in [6, 6.07) is 5.42. The van der Waals surface area contributed by atoms with E-state index in [0.29, 0.717) is 16.6 Å². The topological polar surface area (TPSA) is 69.6 Å². The van der Waals surface area contributed by atoms with Crippen molar-refractivity contribution < 1.29 is 0 Å². The van der Waals surface area contributed by atoms with Crippen molar-refractivity contribution in [3.05, 3.63) is 23.2 Å². The molecule has 2 N–H and O–H groups in total. The number of hydrogen-bond acceptors (Lipinski definition) is 4. The quantitative estimate of drug-likeness (QED) is 0.883. The second-order valence-electron chi connectivity index (χ2n) is 5.63. The predicted molar refractivity (Wildman–Crippen MR) is 79.2 cm³/mol. The summed E-state index contributed by atoms with van der Waals surface area (Å²) in [7, 11) is 0. The SMILES string of the molecule is CC1CCCC1Cn1nnnc1-c1cc(N)cc(Cl)c1. The summed E-state index contributed by atoms with van der Waals surface area (Å²) >= 11 is 6.05. The summed E-state index contributed by atoms with van der Waals surface area (Å²) in [6.07, 6.45) is 3.85. The fourth-order valence-corrected chi connectivity index (χ4v) is 3.23. The van der Waals surface area contributed by atoms with Crippen LogP contribution in [0.3, 0.4) is 0 Å². The third-order valence-electron chi connectivity index (χ3n) is 4.16. The minimum atomic E-state index is 0.601. The van der Waals surface area contributed by atoms with E-state index in [1.165, 1.54) is 19.3 Å². The zero-order valence-corrected chi connectivity index (χ0v) is 12.2. The molecule has 1 aliphatic carbocycles. The molecule has 106 valence electrons. The molecule has 1 aliphatic rings. The van der Waals surface area contributed by atoms with Gasteiger partial charge in [0.1, 0.15) is 0 Å². The summed E-state index contributed by atoms with van der Waals surface area (Å²) in [5.41, 5.74) is 7.33. The Morgan fingerprint density at radius 1 is 1.35 bits per heavy atom. The van der Waals surface area contributed by atoms with Crippen LogP contribution in [0.25, 0.3) is 11.4 Å². The molecule has 3 rings (SSSR count). The van der Waals surface area contributed by atoms with Crippen LogP contribution in [0.1, 0.15) is 26.2 Å². The van der Waals surface area contributed by atoms with Crippen LogP contribution in [0, 0.1) is 11.8 Å². The van der Waals surface area contributed by atoms with E-state index in [-0.39, 0.29) is 0 Å². The van der Waals surface area contributed by atoms with Crippen molar-refractivity contribution in [2.24, 2.45) is 11.8 Å². The van der Waals surface area contributed by atoms with Gasteiger partial charge in [0.2, 0.25) is 0 Å². The second-order valence-corrected chi connectivity index (χ2v) is 6.06. The monoisotopic (exact) mass is 291 g/mol. The standard InChI is InChI=1S/C14H18ClN5/c1-9-3-2-4-10(9)8-20-14(17-18-19-20)11-5-12(15)7-13(16)6-11/h5-7,9-10H,2-4,8,16H2,1H3. The van der Waals surface area contributed by atoms with Gasteiger partial charge in [-0.2, -0.15) is 0 Å². The molecule has 0 aliphatic heterocycles. The first-order valence-corrected chi connectivity index (χ1v) is 7.34. The Balaban J connectivity index is 1.89. The minimum absolute atomic E-state index is 0.601. The zero-order chi connectivity index (χ0) is 14.1. The molecule has 1 heterocycles. The van der Waals surface area contributed by atoms with Crippen molar-refractivity contribution in [2.75, 3.05) is 5.73 Å². The van der Waals surface area contributed by atoms with E-state index in [4.69, 9.17) is 17.3 Å². The maximum Gasteiger partial charge on any atom is 0.182 e. The summed E-state index contributed by atoms with van der Waals surface area (Å²) < 4.78 is 1.87. The fourth-order valence-electron chi connectivity index (χ4n) is 2.99. The van der Waals surface area contributed by atoms with Crippen LogP contribution in [0.2, 0.25) is 5.02 Å². The lowest BCUT2D eigenvalue weighted by Gasteiger charge is -2.15. The van der Waals surface area contributed by atoms with Gasteiger partial charge in [-0.3, -0.25) is 0 Å². The fraction of sp³-hybridized carbons (Fsp3) is 0.500. The van der Waals surface area contributed by atoms with Gasteiger partial charge in [0.05, 0.1) is 0 Å². The number of tetrazole rings is 1. The van der Waals surface area contributed by atoms with Crippen molar-refractivity contribution >= 4 is 17.3 Å². The Labute approximate surface area is 123 Å². The highest BCUT2D eigenvalue weighted by atomic mass is 35.5. The van der Waals surface area contributed by atoms with E-state index in [1.54, 1.807) is 6.07 Å². The number of nitrogen functional groups attached to an aromatic ring is 1. The minimum Gasteiger partial charge on any atom is -0.399 e. The molecular formula is C14H18ClN5. The molecule has 0 spiro atoms. The number of nitrogens with zero attached hydrogens (tertiary/aromatic N) is 4. The van der Waals surface area contributed by atoms with Crippen molar-refractivity contribution in [2.45, 2.75) is 32.7 Å². The molecule has 1 aromatic carbocycles. The number of halogens is 1. The molecule has 1 fully saturated rings. The first kappa shape index (κ1) is 13.4. The molecule has 1 saturated carbocycles. The number of aromatic nitrogens is 4. The van der Waals surface area contributed by atoms with Gasteiger partial charge < -0.3 is 5.73 Å². The molecule has 2 aromatic rings. The van der Waals surface area contributed by atoms with Crippen molar-refractivity contribution in [3.63, 3.8) is 0 Å². The number of rotatable bonds is 3. The van der Waals surface area contributed by atoms with Gasteiger partial charge in [0.15, 0.2) is 5.82 Å². The Hall–Kier alpha value is -1.62. The molecule has 0 radical (unpaired) electrons. The van der Waals surface area contributed by atoms with E-state index < -0.39 is 0 Å². The van der Waals surface area contributed by atoms with Gasteiger partial charge >= 0.3 is 0 Å². The summed E-state index contributed by atoms with van der Waals surface area (Å²) in [6.45, 7) is 3.16. The van der Waals surface area contributed by atoms with Gasteiger partial charge in [-0.1, -0.05) is 31.4 Å². The highest BCUT2D eigenvalue weighted by Gasteiger charge is 2.25. The molecule has 1 aromatic heterocycles. The van der Waals surface area contributed by atoms with Crippen LogP contribution in [-0.2, 0) is 6.54 Å². The van der Waals surface area contributed by atoms with Crippen LogP contribution < -0.4 is 5.73 Å². The second kappa shape index (κ2) is 5.40. The van der Waals surface area contributed by atoms with E-state index in [1.807, 2.05) is 16.8 Å². The summed E-state index contributed by atoms with van der Waals surface area (Å²) in [5, 5.41) is 12.6. The highest BCUT2D eigenvalue weighted by molar-refractivity contribution is 6.31. The van der Waals surface area contributed by atoms with E-state index in [2.05, 4.69) is 22.4 Å². The smallest absolute Gasteiger partial charge is 0.182 e. The van der Waals surface area contributed by atoms with Crippen LogP contribution in [0.15, 0.2) is 18.2 Å². The third-order valence-corrected chi connectivity index (χ3v) is 4.37. The van der Waals surface area contributed by atoms with E-state index >= 15 is 0 Å². The number of anilines is 1. The molecule has 2 atom stereocenters. The first-order valence-electron chi connectivity index (χ1n) is 6.96. The largest absolute Gasteiger partial charge is 0.399 e. The lowest BCUT2D eigenvalue weighted by Crippen LogP contribution is -2.15. The van der Waals surface area contributed by atoms with Crippen molar-refractivity contribution in [1.82, 2.24) is 20.2 Å². The zero-order valence-electron chi connectivity index (χ0n) is 11.5. The number of nitrogens with two attached hydrogens (primary N) is 1. The molecule has 0 saturated heterocycles. The molecule has 20 heavy (non-hydrogen) atoms. The number of benzene rings is 1. The Kier molecular flexibility index (Phi) is 3.61. The lowest BCUT2D eigenvalue weighted by molar-refractivity contribution is 0.346. The van der Waals surface area contributed by atoms with Gasteiger partial charge in [0.25, 0.3) is 0 Å². The molecule has 6 heteroatoms. The van der Waals surface area contributed by atoms with Crippen LogP contribution in [0.4, 0.5) is 5.69 Å². The van der Waals surface area contributed by atoms with Gasteiger partial charge in [0, 0.05) is 22.8 Å². The summed E-state index contributed by atoms with van der Waals surface area (Å²) in [4.78, 5) is 0. The van der Waals surface area contributed by atoms with Gasteiger partial charge in [-0.25, -0.2) is 4.68 Å². The van der Waals surface area contributed by atoms with Crippen molar-refractivity contribution in [3.8, 4) is 11.4 Å². The predicted octanol–water partition coefficient (Wildman–Crippen LogP) is 3.01. The maximum atomic E-state index is 6.05. The van der Waals surface area contributed by atoms with Crippen molar-refractivity contribution in [1.29, 1.82) is 0 Å². The van der Waals surface area contributed by atoms with Crippen LogP contribution in [-0.4, -0.2) is 20.2 Å². The average Bonchev–Trinajstić information content (AvgIpc) is 2.99. The molecule has 0 bridgehead atoms. The normalized spacial score (nSPS) is 22.3.